The average Bonchev–Trinajstić information content (AvgIpc) is 3.35. The van der Waals surface area contributed by atoms with Crippen LogP contribution >= 0.6 is 0 Å². The lowest BCUT2D eigenvalue weighted by Gasteiger charge is -2.20. The third-order valence-electron chi connectivity index (χ3n) is 4.70. The molecule has 0 aliphatic carbocycles. The molecule has 1 aromatic carbocycles. The van der Waals surface area contributed by atoms with Crippen LogP contribution in [0.5, 0.6) is 5.75 Å². The van der Waals surface area contributed by atoms with Gasteiger partial charge in [0.1, 0.15) is 11.4 Å². The highest BCUT2D eigenvalue weighted by Crippen LogP contribution is 2.40. The van der Waals surface area contributed by atoms with Gasteiger partial charge in [0.25, 0.3) is 5.89 Å². The molecule has 4 aromatic rings. The van der Waals surface area contributed by atoms with Gasteiger partial charge in [0.2, 0.25) is 5.82 Å². The number of halogens is 6. The van der Waals surface area contributed by atoms with Crippen molar-refractivity contribution >= 4 is 5.65 Å². The van der Waals surface area contributed by atoms with E-state index in [4.69, 9.17) is 4.52 Å². The summed E-state index contributed by atoms with van der Waals surface area (Å²) in [6.45, 7) is 2.41. The number of alkyl halides is 6. The Bertz CT molecular complexity index is 1280. The maximum Gasteiger partial charge on any atom is 0.425 e. The standard InChI is InChI=1S/C20H14F6N4O2/c1-10-7-16-27-5-6-30(16)9-13(10)17-28-18(32-29-17)12-3-4-15(14(8-12)20(24,25)26)31-11(2)19(21,22)23/h3-9,11H,1-2H3. The Balaban J connectivity index is 1.71. The van der Waals surface area contributed by atoms with E-state index >= 15 is 0 Å². The fourth-order valence-corrected chi connectivity index (χ4v) is 2.99. The first kappa shape index (κ1) is 21.7. The van der Waals surface area contributed by atoms with Crippen molar-refractivity contribution < 1.29 is 35.6 Å². The maximum absolute atomic E-state index is 13.5. The zero-order chi connectivity index (χ0) is 23.3. The van der Waals surface area contributed by atoms with Crippen LogP contribution in [0.4, 0.5) is 26.3 Å². The molecule has 0 saturated carbocycles. The SMILES string of the molecule is Cc1cc2nccn2cc1-c1noc(-c2ccc(OC(C)C(F)(F)F)c(C(F)(F)F)c2)n1. The molecule has 0 fully saturated rings. The van der Waals surface area contributed by atoms with Crippen LogP contribution in [-0.4, -0.2) is 31.8 Å². The number of rotatable bonds is 4. The zero-order valence-electron chi connectivity index (χ0n) is 16.5. The lowest BCUT2D eigenvalue weighted by Crippen LogP contribution is -2.31. The highest BCUT2D eigenvalue weighted by atomic mass is 19.4. The van der Waals surface area contributed by atoms with Crippen LogP contribution in [0.1, 0.15) is 18.1 Å². The fourth-order valence-electron chi connectivity index (χ4n) is 2.99. The second-order valence-corrected chi connectivity index (χ2v) is 7.00. The first-order chi connectivity index (χ1) is 14.9. The van der Waals surface area contributed by atoms with Crippen molar-refractivity contribution in [2.75, 3.05) is 0 Å². The van der Waals surface area contributed by atoms with Gasteiger partial charge in [-0.15, -0.1) is 0 Å². The number of imidazole rings is 1. The molecular formula is C20H14F6N4O2. The number of aryl methyl sites for hydroxylation is 1. The van der Waals surface area contributed by atoms with E-state index in [9.17, 15) is 26.3 Å². The molecule has 3 heterocycles. The van der Waals surface area contributed by atoms with Crippen molar-refractivity contribution in [1.29, 1.82) is 0 Å². The monoisotopic (exact) mass is 456 g/mol. The highest BCUT2D eigenvalue weighted by Gasteiger charge is 2.41. The summed E-state index contributed by atoms with van der Waals surface area (Å²) < 4.78 is 90.1. The minimum absolute atomic E-state index is 0.121. The molecule has 1 atom stereocenters. The molecular weight excluding hydrogens is 442 g/mol. The lowest BCUT2D eigenvalue weighted by molar-refractivity contribution is -0.191. The Morgan fingerprint density at radius 1 is 1.09 bits per heavy atom. The molecule has 4 rings (SSSR count). The van der Waals surface area contributed by atoms with E-state index in [0.29, 0.717) is 24.2 Å². The summed E-state index contributed by atoms with van der Waals surface area (Å²) >= 11 is 0. The quantitative estimate of drug-likeness (QED) is 0.368. The number of nitrogens with zero attached hydrogens (tertiary/aromatic N) is 4. The van der Waals surface area contributed by atoms with E-state index in [-0.39, 0.29) is 17.3 Å². The van der Waals surface area contributed by atoms with Crippen LogP contribution in [0.25, 0.3) is 28.5 Å². The summed E-state index contributed by atoms with van der Waals surface area (Å²) in [6.07, 6.45) is -7.22. The van der Waals surface area contributed by atoms with Crippen molar-refractivity contribution in [3.05, 3.63) is 54.0 Å². The van der Waals surface area contributed by atoms with Crippen LogP contribution in [0.15, 0.2) is 47.4 Å². The van der Waals surface area contributed by atoms with Gasteiger partial charge < -0.3 is 13.7 Å². The van der Waals surface area contributed by atoms with E-state index < -0.39 is 29.8 Å². The molecule has 0 spiro atoms. The molecule has 0 saturated heterocycles. The molecule has 0 amide bonds. The first-order valence-corrected chi connectivity index (χ1v) is 9.16. The molecule has 6 nitrogen and oxygen atoms in total. The summed E-state index contributed by atoms with van der Waals surface area (Å²) in [5.74, 6) is -1.05. The summed E-state index contributed by atoms with van der Waals surface area (Å²) in [5, 5.41) is 3.83. The van der Waals surface area contributed by atoms with Crippen molar-refractivity contribution in [1.82, 2.24) is 19.5 Å². The third kappa shape index (κ3) is 4.12. The Morgan fingerprint density at radius 3 is 2.53 bits per heavy atom. The number of aromatic nitrogens is 4. The van der Waals surface area contributed by atoms with Crippen molar-refractivity contribution in [3.8, 4) is 28.6 Å². The lowest BCUT2D eigenvalue weighted by atomic mass is 10.1. The van der Waals surface area contributed by atoms with Gasteiger partial charge in [0.15, 0.2) is 6.10 Å². The minimum atomic E-state index is -4.97. The van der Waals surface area contributed by atoms with Gasteiger partial charge in [-0.25, -0.2) is 4.98 Å². The predicted octanol–water partition coefficient (Wildman–Crippen LogP) is 5.71. The number of hydrogen-bond donors (Lipinski definition) is 0. The second kappa shape index (κ2) is 7.53. The number of fused-ring (bicyclic) bond motifs is 1. The van der Waals surface area contributed by atoms with Gasteiger partial charge in [0, 0.05) is 29.7 Å². The molecule has 0 radical (unpaired) electrons. The maximum atomic E-state index is 13.5. The van der Waals surface area contributed by atoms with Gasteiger partial charge in [-0.05, 0) is 43.7 Å². The molecule has 3 aromatic heterocycles. The van der Waals surface area contributed by atoms with Crippen LogP contribution in [-0.2, 0) is 6.18 Å². The zero-order valence-corrected chi connectivity index (χ0v) is 16.5. The number of hydrogen-bond acceptors (Lipinski definition) is 5. The fraction of sp³-hybridized carbons (Fsp3) is 0.250. The predicted molar refractivity (Wildman–Crippen MR) is 99.8 cm³/mol. The topological polar surface area (TPSA) is 65.5 Å². The highest BCUT2D eigenvalue weighted by molar-refractivity contribution is 5.65. The Kier molecular flexibility index (Phi) is 5.10. The summed E-state index contributed by atoms with van der Waals surface area (Å²) in [4.78, 5) is 8.31. The molecule has 0 N–H and O–H groups in total. The van der Waals surface area contributed by atoms with Crippen molar-refractivity contribution in [2.24, 2.45) is 0 Å². The van der Waals surface area contributed by atoms with E-state index in [0.717, 1.165) is 17.7 Å². The van der Waals surface area contributed by atoms with Crippen LogP contribution in [0.2, 0.25) is 0 Å². The Labute approximate surface area is 176 Å². The molecule has 32 heavy (non-hydrogen) atoms. The average molecular weight is 456 g/mol. The molecule has 168 valence electrons. The molecule has 12 heteroatoms. The Hall–Kier alpha value is -3.57. The summed E-state index contributed by atoms with van der Waals surface area (Å²) in [7, 11) is 0. The first-order valence-electron chi connectivity index (χ1n) is 9.16. The van der Waals surface area contributed by atoms with Crippen molar-refractivity contribution in [3.63, 3.8) is 0 Å². The van der Waals surface area contributed by atoms with E-state index in [2.05, 4.69) is 19.9 Å². The van der Waals surface area contributed by atoms with Gasteiger partial charge in [-0.2, -0.15) is 31.3 Å². The van der Waals surface area contributed by atoms with Crippen LogP contribution < -0.4 is 4.74 Å². The summed E-state index contributed by atoms with van der Waals surface area (Å²) in [5.41, 5.74) is 0.511. The van der Waals surface area contributed by atoms with Crippen LogP contribution in [0, 0.1) is 6.92 Å². The number of ether oxygens (including phenoxy) is 1. The van der Waals surface area contributed by atoms with E-state index in [1.807, 2.05) is 0 Å². The van der Waals surface area contributed by atoms with Crippen LogP contribution in [0.3, 0.4) is 0 Å². The van der Waals surface area contributed by atoms with Gasteiger partial charge in [-0.3, -0.25) is 0 Å². The van der Waals surface area contributed by atoms with Crippen molar-refractivity contribution in [2.45, 2.75) is 32.3 Å². The smallest absolute Gasteiger partial charge is 0.425 e. The number of benzene rings is 1. The minimum Gasteiger partial charge on any atom is -0.481 e. The van der Waals surface area contributed by atoms with Gasteiger partial charge in [-0.1, -0.05) is 5.16 Å². The molecule has 0 aliphatic heterocycles. The normalized spacial score (nSPS) is 13.5. The largest absolute Gasteiger partial charge is 0.481 e. The molecule has 0 bridgehead atoms. The molecule has 1 unspecified atom stereocenters. The second-order valence-electron chi connectivity index (χ2n) is 7.00. The molecule has 0 aliphatic rings. The van der Waals surface area contributed by atoms with E-state index in [1.54, 1.807) is 36.0 Å². The number of pyridine rings is 1. The van der Waals surface area contributed by atoms with Gasteiger partial charge >= 0.3 is 12.4 Å². The Morgan fingerprint density at radius 2 is 1.84 bits per heavy atom. The van der Waals surface area contributed by atoms with E-state index in [1.165, 1.54) is 0 Å². The summed E-state index contributed by atoms with van der Waals surface area (Å²) in [6, 6.07) is 4.31. The van der Waals surface area contributed by atoms with Gasteiger partial charge in [0.05, 0.1) is 5.56 Å². The third-order valence-corrected chi connectivity index (χ3v) is 4.70.